The molecule has 0 aliphatic rings. The second kappa shape index (κ2) is 4.60. The molecule has 0 saturated heterocycles. The molecule has 5 heavy (non-hydrogen) atoms. The number of hydrogen-bond acceptors (Lipinski definition) is 3. The second-order valence-corrected chi connectivity index (χ2v) is 0.671. The minimum atomic E-state index is -3.37. The average molecular weight is 187 g/mol. The molecule has 34 valence electrons. The zero-order chi connectivity index (χ0) is 3.58. The first-order valence-electron chi connectivity index (χ1n) is 0.548. The van der Waals surface area contributed by atoms with Crippen LogP contribution >= 0.6 is 7.91 Å². The SMILES string of the molecule is O=P(=O)[O-].[Ag+]. The summed E-state index contributed by atoms with van der Waals surface area (Å²) >= 11 is 0. The van der Waals surface area contributed by atoms with E-state index in [1.807, 2.05) is 0 Å². The molecule has 0 spiro atoms. The summed E-state index contributed by atoms with van der Waals surface area (Å²) in [5, 5.41) is 0. The zero-order valence-electron chi connectivity index (χ0n) is 1.97. The Morgan fingerprint density at radius 3 is 1.40 bits per heavy atom. The van der Waals surface area contributed by atoms with Gasteiger partial charge in [-0.25, -0.2) is 0 Å². The van der Waals surface area contributed by atoms with Crippen LogP contribution in [0.2, 0.25) is 0 Å². The van der Waals surface area contributed by atoms with E-state index in [0.717, 1.165) is 0 Å². The predicted molar refractivity (Wildman–Crippen MR) is 8.29 cm³/mol. The summed E-state index contributed by atoms with van der Waals surface area (Å²) in [5.74, 6) is 0. The predicted octanol–water partition coefficient (Wildman–Crippen LogP) is -0.568. The normalized spacial score (nSPS) is 5.00. The van der Waals surface area contributed by atoms with E-state index in [2.05, 4.69) is 0 Å². The van der Waals surface area contributed by atoms with Crippen LogP contribution in [0.4, 0.5) is 0 Å². The Kier molecular flexibility index (Phi) is 8.41. The molecule has 3 nitrogen and oxygen atoms in total. The van der Waals surface area contributed by atoms with Gasteiger partial charge in [-0.2, -0.15) is 0 Å². The number of rotatable bonds is 0. The fourth-order valence-corrected chi connectivity index (χ4v) is 0. The largest absolute Gasteiger partial charge is 1.00 e. The van der Waals surface area contributed by atoms with Gasteiger partial charge in [0.05, 0.1) is 0 Å². The summed E-state index contributed by atoms with van der Waals surface area (Å²) in [5.41, 5.74) is 0. The van der Waals surface area contributed by atoms with Crippen LogP contribution in [0, 0.1) is 0 Å². The topological polar surface area (TPSA) is 57.2 Å². The molecule has 0 N–H and O–H groups in total. The summed E-state index contributed by atoms with van der Waals surface area (Å²) < 4.78 is 17.0. The van der Waals surface area contributed by atoms with Gasteiger partial charge in [-0.05, 0) is 0 Å². The molecule has 0 fully saturated rings. The van der Waals surface area contributed by atoms with Gasteiger partial charge in [0.25, 0.3) is 0 Å². The van der Waals surface area contributed by atoms with Crippen molar-refractivity contribution in [1.82, 2.24) is 0 Å². The van der Waals surface area contributed by atoms with Crippen molar-refractivity contribution < 1.29 is 36.4 Å². The molecular formula is AgO3P. The van der Waals surface area contributed by atoms with Gasteiger partial charge in [0, 0.05) is 0 Å². The maximum atomic E-state index is 8.48. The summed E-state index contributed by atoms with van der Waals surface area (Å²) in [7, 11) is -3.37. The summed E-state index contributed by atoms with van der Waals surface area (Å²) in [6.45, 7) is 0. The number of hydrogen-bond donors (Lipinski definition) is 0. The van der Waals surface area contributed by atoms with Crippen LogP contribution in [-0.2, 0) is 31.5 Å². The average Bonchev–Trinajstić information content (AvgIpc) is 0.811. The van der Waals surface area contributed by atoms with Crippen molar-refractivity contribution in [2.75, 3.05) is 0 Å². The van der Waals surface area contributed by atoms with Gasteiger partial charge in [-0.1, -0.05) is 0 Å². The molecule has 0 unspecified atom stereocenters. The third-order valence-corrected chi connectivity index (χ3v) is 0. The quantitative estimate of drug-likeness (QED) is 0.376. The van der Waals surface area contributed by atoms with Crippen LogP contribution in [0.3, 0.4) is 0 Å². The van der Waals surface area contributed by atoms with E-state index in [0.29, 0.717) is 0 Å². The van der Waals surface area contributed by atoms with Crippen LogP contribution in [-0.4, -0.2) is 0 Å². The first-order chi connectivity index (χ1) is 1.73. The minimum absolute atomic E-state index is 0. The van der Waals surface area contributed by atoms with Crippen LogP contribution in [0.1, 0.15) is 0 Å². The third kappa shape index (κ3) is 86.3. The maximum absolute atomic E-state index is 8.48. The van der Waals surface area contributed by atoms with Crippen LogP contribution in [0.15, 0.2) is 0 Å². The molecule has 0 aliphatic heterocycles. The Bertz CT molecular complexity index is 55.3. The van der Waals surface area contributed by atoms with Gasteiger partial charge in [0.15, 0.2) is 0 Å². The third-order valence-electron chi connectivity index (χ3n) is 0. The standard InChI is InChI=1S/Ag.HO3P/c;1-4(2)3/h;(H,1,2,3)/q+1;/p-1. The van der Waals surface area contributed by atoms with Crippen molar-refractivity contribution in [3.05, 3.63) is 0 Å². The van der Waals surface area contributed by atoms with Gasteiger partial charge in [-0.3, -0.25) is 9.13 Å². The molecule has 0 aliphatic carbocycles. The van der Waals surface area contributed by atoms with Gasteiger partial charge in [0.1, 0.15) is 0 Å². The van der Waals surface area contributed by atoms with Crippen molar-refractivity contribution in [3.63, 3.8) is 0 Å². The van der Waals surface area contributed by atoms with Crippen molar-refractivity contribution >= 4 is 7.91 Å². The summed E-state index contributed by atoms with van der Waals surface area (Å²) in [4.78, 5) is 8.48. The van der Waals surface area contributed by atoms with Crippen molar-refractivity contribution in [2.24, 2.45) is 0 Å². The molecule has 0 bridgehead atoms. The van der Waals surface area contributed by atoms with Crippen LogP contribution in [0.5, 0.6) is 0 Å². The Balaban J connectivity index is 0. The molecule has 0 heterocycles. The molecule has 0 atom stereocenters. The van der Waals surface area contributed by atoms with Crippen molar-refractivity contribution in [3.8, 4) is 0 Å². The van der Waals surface area contributed by atoms with Gasteiger partial charge in [-0.15, -0.1) is 0 Å². The molecule has 0 aromatic heterocycles. The van der Waals surface area contributed by atoms with E-state index in [-0.39, 0.29) is 22.4 Å². The van der Waals surface area contributed by atoms with E-state index in [4.69, 9.17) is 14.0 Å². The van der Waals surface area contributed by atoms with Gasteiger partial charge in [0.2, 0.25) is 7.91 Å². The van der Waals surface area contributed by atoms with Gasteiger partial charge < -0.3 is 4.89 Å². The Labute approximate surface area is 44.8 Å². The molecule has 0 rings (SSSR count). The van der Waals surface area contributed by atoms with E-state index in [9.17, 15) is 0 Å². The molecule has 0 radical (unpaired) electrons. The molecule has 0 saturated carbocycles. The molecule has 0 aromatic rings. The Morgan fingerprint density at radius 2 is 1.40 bits per heavy atom. The molecular weight excluding hydrogens is 187 g/mol. The molecule has 5 heteroatoms. The first-order valence-corrected chi connectivity index (χ1v) is 1.64. The van der Waals surface area contributed by atoms with Crippen LogP contribution < -0.4 is 4.89 Å². The second-order valence-electron chi connectivity index (χ2n) is 0.224. The van der Waals surface area contributed by atoms with Crippen LogP contribution in [0.25, 0.3) is 0 Å². The fraction of sp³-hybridized carbons (Fsp3) is 0. The van der Waals surface area contributed by atoms with E-state index < -0.39 is 7.91 Å². The Hall–Kier alpha value is 0.600. The maximum Gasteiger partial charge on any atom is 1.00 e. The Morgan fingerprint density at radius 1 is 1.40 bits per heavy atom. The molecule has 0 aromatic carbocycles. The summed E-state index contributed by atoms with van der Waals surface area (Å²) in [6.07, 6.45) is 0. The summed E-state index contributed by atoms with van der Waals surface area (Å²) in [6, 6.07) is 0. The van der Waals surface area contributed by atoms with Gasteiger partial charge >= 0.3 is 22.4 Å². The van der Waals surface area contributed by atoms with E-state index >= 15 is 0 Å². The minimum Gasteiger partial charge on any atom is -0.744 e. The van der Waals surface area contributed by atoms with E-state index in [1.54, 1.807) is 0 Å². The first kappa shape index (κ1) is 9.14. The molecule has 0 amide bonds. The fourth-order valence-electron chi connectivity index (χ4n) is 0. The smallest absolute Gasteiger partial charge is 0.744 e. The monoisotopic (exact) mass is 186 g/mol. The van der Waals surface area contributed by atoms with Crippen molar-refractivity contribution in [1.29, 1.82) is 0 Å². The zero-order valence-corrected chi connectivity index (χ0v) is 4.35. The van der Waals surface area contributed by atoms with Crippen molar-refractivity contribution in [2.45, 2.75) is 0 Å². The van der Waals surface area contributed by atoms with E-state index in [1.165, 1.54) is 0 Å².